The first-order chi connectivity index (χ1) is 13.2. The molecule has 0 aliphatic rings. The molecule has 1 aromatic carbocycles. The summed E-state index contributed by atoms with van der Waals surface area (Å²) in [5, 5.41) is 14.6. The highest BCUT2D eigenvalue weighted by Crippen LogP contribution is 2.11. The van der Waals surface area contributed by atoms with E-state index in [9.17, 15) is 19.5 Å². The summed E-state index contributed by atoms with van der Waals surface area (Å²) in [5.74, 6) is -0.823. The summed E-state index contributed by atoms with van der Waals surface area (Å²) in [5.41, 5.74) is 6.31. The number of ether oxygens (including phenoxy) is 1. The molecule has 0 saturated heterocycles. The van der Waals surface area contributed by atoms with E-state index in [-0.39, 0.29) is 18.2 Å². The molecule has 8 heteroatoms. The van der Waals surface area contributed by atoms with Crippen LogP contribution in [0.15, 0.2) is 24.3 Å². The molecular weight excluding hydrogens is 362 g/mol. The molecule has 0 spiro atoms. The summed E-state index contributed by atoms with van der Waals surface area (Å²) < 4.78 is 5.05. The van der Waals surface area contributed by atoms with Crippen LogP contribution in [0.5, 0.6) is 5.75 Å². The van der Waals surface area contributed by atoms with E-state index >= 15 is 0 Å². The van der Waals surface area contributed by atoms with Crippen LogP contribution in [0.2, 0.25) is 0 Å². The van der Waals surface area contributed by atoms with E-state index in [2.05, 4.69) is 10.6 Å². The van der Waals surface area contributed by atoms with Gasteiger partial charge in [0.15, 0.2) is 0 Å². The maximum Gasteiger partial charge on any atom is 0.326 e. The van der Waals surface area contributed by atoms with E-state index in [0.29, 0.717) is 37.1 Å². The molecule has 8 nitrogen and oxygen atoms in total. The summed E-state index contributed by atoms with van der Waals surface area (Å²) in [6.45, 7) is 4.31. The molecule has 0 heterocycles. The van der Waals surface area contributed by atoms with Crippen molar-refractivity contribution in [3.8, 4) is 5.75 Å². The predicted octanol–water partition coefficient (Wildman–Crippen LogP) is 1.54. The first-order valence-corrected chi connectivity index (χ1v) is 9.45. The van der Waals surface area contributed by atoms with Gasteiger partial charge >= 0.3 is 5.97 Å². The van der Waals surface area contributed by atoms with Gasteiger partial charge in [-0.1, -0.05) is 13.8 Å². The van der Waals surface area contributed by atoms with Crippen molar-refractivity contribution >= 4 is 17.8 Å². The van der Waals surface area contributed by atoms with Crippen molar-refractivity contribution in [3.63, 3.8) is 0 Å². The van der Waals surface area contributed by atoms with Crippen molar-refractivity contribution in [2.24, 2.45) is 11.7 Å². The number of nitrogens with one attached hydrogen (secondary N) is 2. The number of hydrogen-bond acceptors (Lipinski definition) is 5. The fourth-order valence-corrected chi connectivity index (χ4v) is 2.67. The van der Waals surface area contributed by atoms with Crippen LogP contribution in [0, 0.1) is 5.92 Å². The normalized spacial score (nSPS) is 12.9. The lowest BCUT2D eigenvalue weighted by molar-refractivity contribution is -0.142. The Morgan fingerprint density at radius 1 is 1.14 bits per heavy atom. The van der Waals surface area contributed by atoms with Crippen molar-refractivity contribution in [3.05, 3.63) is 29.8 Å². The van der Waals surface area contributed by atoms with Gasteiger partial charge in [-0.25, -0.2) is 4.79 Å². The van der Waals surface area contributed by atoms with E-state index < -0.39 is 24.0 Å². The average molecular weight is 393 g/mol. The second-order valence-electron chi connectivity index (χ2n) is 7.12. The number of benzene rings is 1. The number of nitrogens with two attached hydrogens (primary N) is 1. The molecule has 28 heavy (non-hydrogen) atoms. The summed E-state index contributed by atoms with van der Waals surface area (Å²) >= 11 is 0. The largest absolute Gasteiger partial charge is 0.497 e. The van der Waals surface area contributed by atoms with E-state index in [1.54, 1.807) is 31.4 Å². The van der Waals surface area contributed by atoms with Crippen molar-refractivity contribution in [1.29, 1.82) is 0 Å². The zero-order chi connectivity index (χ0) is 21.1. The molecule has 2 atom stereocenters. The highest BCUT2D eigenvalue weighted by molar-refractivity contribution is 5.94. The molecule has 0 bridgehead atoms. The van der Waals surface area contributed by atoms with Gasteiger partial charge in [0.05, 0.1) is 13.2 Å². The van der Waals surface area contributed by atoms with Crippen LogP contribution in [0.1, 0.15) is 49.9 Å². The van der Waals surface area contributed by atoms with Gasteiger partial charge in [-0.2, -0.15) is 0 Å². The van der Waals surface area contributed by atoms with Crippen LogP contribution in [0.3, 0.4) is 0 Å². The van der Waals surface area contributed by atoms with Gasteiger partial charge in [-0.3, -0.25) is 9.59 Å². The van der Waals surface area contributed by atoms with Crippen LogP contribution in [-0.4, -0.2) is 48.6 Å². The lowest BCUT2D eigenvalue weighted by atomic mass is 10.0. The lowest BCUT2D eigenvalue weighted by Crippen LogP contribution is -2.48. The zero-order valence-corrected chi connectivity index (χ0v) is 16.7. The second-order valence-corrected chi connectivity index (χ2v) is 7.12. The SMILES string of the molecule is COc1ccc(C(=O)NCCCC[C@@H](NC(=O)[C@@H](N)CC(C)C)C(=O)O)cc1. The number of hydrogen-bond donors (Lipinski definition) is 4. The topological polar surface area (TPSA) is 131 Å². The predicted molar refractivity (Wildman–Crippen MR) is 106 cm³/mol. The third-order valence-corrected chi connectivity index (χ3v) is 4.23. The maximum absolute atomic E-state index is 12.0. The number of carboxylic acids is 1. The van der Waals surface area contributed by atoms with Gasteiger partial charge in [-0.05, 0) is 55.9 Å². The van der Waals surface area contributed by atoms with Crippen LogP contribution < -0.4 is 21.1 Å². The Kier molecular flexibility index (Phi) is 10.0. The summed E-state index contributed by atoms with van der Waals surface area (Å²) in [7, 11) is 1.56. The average Bonchev–Trinajstić information content (AvgIpc) is 2.65. The Bertz CT molecular complexity index is 646. The molecular formula is C20H31N3O5. The van der Waals surface area contributed by atoms with Gasteiger partial charge in [0.2, 0.25) is 5.91 Å². The van der Waals surface area contributed by atoms with Gasteiger partial charge < -0.3 is 26.2 Å². The second kappa shape index (κ2) is 12.0. The van der Waals surface area contributed by atoms with E-state index in [1.165, 1.54) is 0 Å². The molecule has 0 radical (unpaired) electrons. The van der Waals surface area contributed by atoms with Crippen LogP contribution >= 0.6 is 0 Å². The van der Waals surface area contributed by atoms with Crippen molar-refractivity contribution in [1.82, 2.24) is 10.6 Å². The molecule has 0 unspecified atom stereocenters. The molecule has 1 aromatic rings. The summed E-state index contributed by atoms with van der Waals surface area (Å²) in [6.07, 6.45) is 1.91. The highest BCUT2D eigenvalue weighted by Gasteiger charge is 2.23. The Morgan fingerprint density at radius 2 is 1.79 bits per heavy atom. The first kappa shape index (κ1) is 23.4. The molecule has 156 valence electrons. The van der Waals surface area contributed by atoms with Crippen LogP contribution in [-0.2, 0) is 9.59 Å². The lowest BCUT2D eigenvalue weighted by Gasteiger charge is -2.19. The minimum absolute atomic E-state index is 0.203. The van der Waals surface area contributed by atoms with Crippen LogP contribution in [0.4, 0.5) is 0 Å². The zero-order valence-electron chi connectivity index (χ0n) is 16.7. The number of carboxylic acid groups (broad SMARTS) is 1. The molecule has 2 amide bonds. The molecule has 0 aromatic heterocycles. The Morgan fingerprint density at radius 3 is 2.32 bits per heavy atom. The molecule has 0 saturated carbocycles. The first-order valence-electron chi connectivity index (χ1n) is 9.45. The van der Waals surface area contributed by atoms with Crippen molar-refractivity contribution < 1.29 is 24.2 Å². The fraction of sp³-hybridized carbons (Fsp3) is 0.550. The number of amides is 2. The standard InChI is InChI=1S/C20H31N3O5/c1-13(2)12-16(21)19(25)23-17(20(26)27)6-4-5-11-22-18(24)14-7-9-15(28-3)10-8-14/h7-10,13,16-17H,4-6,11-12,21H2,1-3H3,(H,22,24)(H,23,25)(H,26,27)/t16-,17+/m0/s1. The van der Waals surface area contributed by atoms with Gasteiger partial charge in [0.25, 0.3) is 5.91 Å². The molecule has 1 rings (SSSR count). The van der Waals surface area contributed by atoms with Gasteiger partial charge in [0, 0.05) is 12.1 Å². The van der Waals surface area contributed by atoms with E-state index in [4.69, 9.17) is 10.5 Å². The number of methoxy groups -OCH3 is 1. The number of aliphatic carboxylic acids is 1. The number of carbonyl (C=O) groups is 3. The smallest absolute Gasteiger partial charge is 0.326 e. The molecule has 0 fully saturated rings. The minimum atomic E-state index is -1.09. The number of unbranched alkanes of at least 4 members (excludes halogenated alkanes) is 1. The Hall–Kier alpha value is -2.61. The van der Waals surface area contributed by atoms with Crippen LogP contribution in [0.25, 0.3) is 0 Å². The quantitative estimate of drug-likeness (QED) is 0.398. The molecule has 5 N–H and O–H groups in total. The molecule has 0 aliphatic carbocycles. The minimum Gasteiger partial charge on any atom is -0.497 e. The van der Waals surface area contributed by atoms with Gasteiger partial charge in [0.1, 0.15) is 11.8 Å². The summed E-state index contributed by atoms with van der Waals surface area (Å²) in [4.78, 5) is 35.4. The Labute approximate surface area is 165 Å². The highest BCUT2D eigenvalue weighted by atomic mass is 16.5. The fourth-order valence-electron chi connectivity index (χ4n) is 2.67. The van der Waals surface area contributed by atoms with E-state index in [1.807, 2.05) is 13.8 Å². The number of carbonyl (C=O) groups excluding carboxylic acids is 2. The summed E-state index contributed by atoms with van der Waals surface area (Å²) in [6, 6.07) is 5.06. The Balaban J connectivity index is 2.35. The van der Waals surface area contributed by atoms with Crippen molar-refractivity contribution in [2.75, 3.05) is 13.7 Å². The number of rotatable bonds is 12. The molecule has 0 aliphatic heterocycles. The maximum atomic E-state index is 12.0. The van der Waals surface area contributed by atoms with E-state index in [0.717, 1.165) is 0 Å². The third-order valence-electron chi connectivity index (χ3n) is 4.23. The third kappa shape index (κ3) is 8.39. The monoisotopic (exact) mass is 393 g/mol. The van der Waals surface area contributed by atoms with Crippen molar-refractivity contribution in [2.45, 2.75) is 51.6 Å². The van der Waals surface area contributed by atoms with Gasteiger partial charge in [-0.15, -0.1) is 0 Å².